The topological polar surface area (TPSA) is 66.5 Å². The van der Waals surface area contributed by atoms with Crippen LogP contribution in [-0.2, 0) is 0 Å². The smallest absolute Gasteiger partial charge is 0.282 e. The third-order valence-electron chi connectivity index (χ3n) is 3.81. The molecule has 0 aromatic carbocycles. The molecule has 6 heteroatoms. The molecule has 1 saturated carbocycles. The van der Waals surface area contributed by atoms with Crippen molar-refractivity contribution in [2.45, 2.75) is 18.9 Å². The number of nitrogens with one attached hydrogen (secondary N) is 1. The lowest BCUT2D eigenvalue weighted by molar-refractivity contribution is 0.0653. The predicted molar refractivity (Wildman–Crippen MR) is 73.7 cm³/mol. The zero-order chi connectivity index (χ0) is 13.4. The molecule has 0 atom stereocenters. The number of nitrogen functional groups attached to an aromatic ring is 1. The molecule has 2 aliphatic rings. The van der Waals surface area contributed by atoms with Crippen LogP contribution in [0.25, 0.3) is 0 Å². The van der Waals surface area contributed by atoms with Crippen molar-refractivity contribution in [3.05, 3.63) is 18.0 Å². The third kappa shape index (κ3) is 2.74. The lowest BCUT2D eigenvalue weighted by Gasteiger charge is -2.32. The van der Waals surface area contributed by atoms with Crippen LogP contribution in [0.4, 0.5) is 5.69 Å². The number of hydrogen-bond donors (Lipinski definition) is 2. The summed E-state index contributed by atoms with van der Waals surface area (Å²) < 4.78 is 2.01. The van der Waals surface area contributed by atoms with E-state index < -0.39 is 0 Å². The molecule has 104 valence electrons. The van der Waals surface area contributed by atoms with Gasteiger partial charge in [0.25, 0.3) is 5.91 Å². The van der Waals surface area contributed by atoms with Crippen LogP contribution < -0.4 is 11.2 Å². The molecule has 19 heavy (non-hydrogen) atoms. The number of anilines is 1. The number of carbonyl (C=O) groups is 1. The summed E-state index contributed by atoms with van der Waals surface area (Å²) in [6.07, 6.45) is 4.16. The molecule has 1 aromatic heterocycles. The Hall–Kier alpha value is -1.53. The van der Waals surface area contributed by atoms with Crippen LogP contribution in [-0.4, -0.2) is 53.6 Å². The molecule has 3 rings (SSSR count). The second-order valence-electron chi connectivity index (χ2n) is 5.53. The van der Waals surface area contributed by atoms with Crippen LogP contribution in [0.15, 0.2) is 12.3 Å². The van der Waals surface area contributed by atoms with Crippen LogP contribution in [0.5, 0.6) is 0 Å². The molecule has 3 N–H and O–H groups in total. The highest BCUT2D eigenvalue weighted by molar-refractivity contribution is 5.93. The van der Waals surface area contributed by atoms with Gasteiger partial charge in [-0.3, -0.25) is 10.2 Å². The normalized spacial score (nSPS) is 21.5. The fraction of sp³-hybridized carbons (Fsp3) is 0.615. The van der Waals surface area contributed by atoms with Crippen LogP contribution in [0, 0.1) is 0 Å². The van der Waals surface area contributed by atoms with E-state index in [4.69, 9.17) is 5.73 Å². The van der Waals surface area contributed by atoms with E-state index in [0.717, 1.165) is 39.0 Å². The summed E-state index contributed by atoms with van der Waals surface area (Å²) >= 11 is 0. The Kier molecular flexibility index (Phi) is 3.20. The van der Waals surface area contributed by atoms with E-state index in [1.54, 1.807) is 6.07 Å². The molecule has 0 radical (unpaired) electrons. The van der Waals surface area contributed by atoms with Gasteiger partial charge in [0.2, 0.25) is 0 Å². The van der Waals surface area contributed by atoms with Gasteiger partial charge in [0, 0.05) is 38.4 Å². The first kappa shape index (κ1) is 12.5. The number of hydrazine groups is 1. The van der Waals surface area contributed by atoms with E-state index in [1.165, 1.54) is 0 Å². The van der Waals surface area contributed by atoms with Gasteiger partial charge in [-0.05, 0) is 26.0 Å². The van der Waals surface area contributed by atoms with Gasteiger partial charge in [0.15, 0.2) is 0 Å². The van der Waals surface area contributed by atoms with Gasteiger partial charge < -0.3 is 15.2 Å². The van der Waals surface area contributed by atoms with E-state index >= 15 is 0 Å². The predicted octanol–water partition coefficient (Wildman–Crippen LogP) is 0.297. The molecule has 1 saturated heterocycles. The number of piperazine rings is 1. The van der Waals surface area contributed by atoms with E-state index in [1.807, 2.05) is 15.8 Å². The fourth-order valence-electron chi connectivity index (χ4n) is 2.46. The summed E-state index contributed by atoms with van der Waals surface area (Å²) in [7, 11) is 2.10. The average molecular weight is 263 g/mol. The van der Waals surface area contributed by atoms with Crippen molar-refractivity contribution >= 4 is 11.6 Å². The third-order valence-corrected chi connectivity index (χ3v) is 3.81. The first-order chi connectivity index (χ1) is 9.13. The number of rotatable bonds is 3. The minimum atomic E-state index is -0.0480. The molecular formula is C13H21N5O. The summed E-state index contributed by atoms with van der Waals surface area (Å²) in [6, 6.07) is 2.23. The number of aromatic nitrogens is 1. The van der Waals surface area contributed by atoms with Gasteiger partial charge in [0.1, 0.15) is 5.69 Å². The van der Waals surface area contributed by atoms with Crippen LogP contribution >= 0.6 is 0 Å². The first-order valence-electron chi connectivity index (χ1n) is 6.85. The van der Waals surface area contributed by atoms with Crippen LogP contribution in [0.3, 0.4) is 0 Å². The zero-order valence-corrected chi connectivity index (χ0v) is 11.3. The quantitative estimate of drug-likeness (QED) is 0.823. The highest BCUT2D eigenvalue weighted by Crippen LogP contribution is 2.37. The monoisotopic (exact) mass is 263 g/mol. The van der Waals surface area contributed by atoms with Crippen molar-refractivity contribution in [1.29, 1.82) is 0 Å². The maximum Gasteiger partial charge on any atom is 0.282 e. The number of nitrogens with zero attached hydrogens (tertiary/aromatic N) is 3. The number of nitrogens with two attached hydrogens (primary N) is 1. The van der Waals surface area contributed by atoms with E-state index in [9.17, 15) is 4.79 Å². The van der Waals surface area contributed by atoms with Crippen molar-refractivity contribution in [3.63, 3.8) is 0 Å². The summed E-state index contributed by atoms with van der Waals surface area (Å²) in [4.78, 5) is 14.6. The van der Waals surface area contributed by atoms with E-state index in [-0.39, 0.29) is 5.91 Å². The molecule has 1 aliphatic carbocycles. The Morgan fingerprint density at radius 1 is 1.32 bits per heavy atom. The Balaban J connectivity index is 1.66. The highest BCUT2D eigenvalue weighted by Gasteiger charge is 2.28. The standard InChI is InChI=1S/C13H21N5O/c1-16-4-6-17(7-5-16)15-13(19)12-8-10(14)9-18(12)11-2-3-11/h8-9,11H,2-7,14H2,1H3,(H,15,19). The molecule has 1 aliphatic heterocycles. The van der Waals surface area contributed by atoms with Gasteiger partial charge in [-0.25, -0.2) is 5.01 Å². The molecule has 1 amide bonds. The Bertz CT molecular complexity index is 471. The molecule has 6 nitrogen and oxygen atoms in total. The van der Waals surface area contributed by atoms with E-state index in [2.05, 4.69) is 17.4 Å². The van der Waals surface area contributed by atoms with Gasteiger partial charge in [-0.2, -0.15) is 0 Å². The fourth-order valence-corrected chi connectivity index (χ4v) is 2.46. The second kappa shape index (κ2) is 4.86. The minimum Gasteiger partial charge on any atom is -0.397 e. The van der Waals surface area contributed by atoms with Crippen molar-refractivity contribution in [2.75, 3.05) is 39.0 Å². The molecular weight excluding hydrogens is 242 g/mol. The number of amides is 1. The Morgan fingerprint density at radius 2 is 2.00 bits per heavy atom. The summed E-state index contributed by atoms with van der Waals surface area (Å²) in [5.41, 5.74) is 10.1. The lowest BCUT2D eigenvalue weighted by atomic mass is 10.3. The van der Waals surface area contributed by atoms with Crippen molar-refractivity contribution in [3.8, 4) is 0 Å². The molecule has 0 bridgehead atoms. The molecule has 0 unspecified atom stereocenters. The second-order valence-corrected chi connectivity index (χ2v) is 5.53. The molecule has 2 fully saturated rings. The van der Waals surface area contributed by atoms with Gasteiger partial charge in [0.05, 0.1) is 5.69 Å². The zero-order valence-electron chi connectivity index (χ0n) is 11.3. The Morgan fingerprint density at radius 3 is 2.63 bits per heavy atom. The first-order valence-corrected chi connectivity index (χ1v) is 6.85. The SMILES string of the molecule is CN1CCN(NC(=O)c2cc(N)cn2C2CC2)CC1. The summed E-state index contributed by atoms with van der Waals surface area (Å²) in [5, 5.41) is 1.99. The van der Waals surface area contributed by atoms with Crippen molar-refractivity contribution in [2.24, 2.45) is 0 Å². The largest absolute Gasteiger partial charge is 0.397 e. The number of hydrogen-bond acceptors (Lipinski definition) is 4. The minimum absolute atomic E-state index is 0.0480. The molecule has 1 aromatic rings. The summed E-state index contributed by atoms with van der Waals surface area (Å²) in [6.45, 7) is 3.68. The lowest BCUT2D eigenvalue weighted by Crippen LogP contribution is -2.52. The summed E-state index contributed by atoms with van der Waals surface area (Å²) in [5.74, 6) is -0.0480. The van der Waals surface area contributed by atoms with Crippen LogP contribution in [0.1, 0.15) is 29.4 Å². The average Bonchev–Trinajstić information content (AvgIpc) is 3.15. The number of carbonyl (C=O) groups excluding carboxylic acids is 1. The van der Waals surface area contributed by atoms with Crippen LogP contribution in [0.2, 0.25) is 0 Å². The van der Waals surface area contributed by atoms with E-state index in [0.29, 0.717) is 17.4 Å². The van der Waals surface area contributed by atoms with Gasteiger partial charge in [-0.1, -0.05) is 0 Å². The molecule has 0 spiro atoms. The maximum atomic E-state index is 12.3. The molecule has 2 heterocycles. The number of likely N-dealkylation sites (N-methyl/N-ethyl adjacent to an activating group) is 1. The van der Waals surface area contributed by atoms with Crippen molar-refractivity contribution < 1.29 is 4.79 Å². The maximum absolute atomic E-state index is 12.3. The highest BCUT2D eigenvalue weighted by atomic mass is 16.2. The van der Waals surface area contributed by atoms with Crippen molar-refractivity contribution in [1.82, 2.24) is 19.9 Å². The van der Waals surface area contributed by atoms with Gasteiger partial charge in [-0.15, -0.1) is 0 Å². The van der Waals surface area contributed by atoms with Gasteiger partial charge >= 0.3 is 0 Å². The Labute approximate surface area is 113 Å².